The van der Waals surface area contributed by atoms with Crippen molar-refractivity contribution in [1.29, 1.82) is 0 Å². The Morgan fingerprint density at radius 2 is 2.30 bits per heavy atom. The number of hydrogen-bond donors (Lipinski definition) is 0. The van der Waals surface area contributed by atoms with Crippen LogP contribution in [0.2, 0.25) is 0 Å². The molecule has 2 aromatic heterocycles. The number of alkyl halides is 1. The van der Waals surface area contributed by atoms with Gasteiger partial charge in [0.15, 0.2) is 11.2 Å². The molecule has 0 radical (unpaired) electrons. The second-order valence-corrected chi connectivity index (χ2v) is 5.93. The van der Waals surface area contributed by atoms with E-state index in [0.717, 1.165) is 24.5 Å². The fourth-order valence-electron chi connectivity index (χ4n) is 2.67. The van der Waals surface area contributed by atoms with Crippen LogP contribution in [0.3, 0.4) is 0 Å². The van der Waals surface area contributed by atoms with Gasteiger partial charge in [-0.05, 0) is 20.3 Å². The quantitative estimate of drug-likeness (QED) is 0.813. The molecule has 3 rings (SSSR count). The van der Waals surface area contributed by atoms with Crippen molar-refractivity contribution >= 4 is 22.8 Å². The number of imidazole rings is 1. The number of aromatic nitrogens is 4. The molecule has 0 N–H and O–H groups in total. The largest absolute Gasteiger partial charge is 0.479 e. The van der Waals surface area contributed by atoms with Gasteiger partial charge < -0.3 is 14.0 Å². The lowest BCUT2D eigenvalue weighted by atomic mass is 10.0. The van der Waals surface area contributed by atoms with Crippen molar-refractivity contribution in [3.8, 4) is 5.88 Å². The number of hydrogen-bond acceptors (Lipinski definition) is 5. The van der Waals surface area contributed by atoms with E-state index >= 15 is 0 Å². The van der Waals surface area contributed by atoms with Crippen molar-refractivity contribution in [2.45, 2.75) is 31.2 Å². The maximum Gasteiger partial charge on any atom is 0.245 e. The molecule has 0 aromatic carbocycles. The lowest BCUT2D eigenvalue weighted by molar-refractivity contribution is 0.161. The summed E-state index contributed by atoms with van der Waals surface area (Å²) in [4.78, 5) is 13.1. The summed E-state index contributed by atoms with van der Waals surface area (Å²) in [5, 5.41) is -0.230. The van der Waals surface area contributed by atoms with E-state index in [1.54, 1.807) is 7.11 Å². The van der Waals surface area contributed by atoms with Gasteiger partial charge in [-0.1, -0.05) is 0 Å². The number of halogens is 1. The predicted octanol–water partition coefficient (Wildman–Crippen LogP) is 2.27. The zero-order valence-corrected chi connectivity index (χ0v) is 12.5. The molecular formula is C13H17ClN4O2. The summed E-state index contributed by atoms with van der Waals surface area (Å²) in [6.45, 7) is 5.40. The number of ether oxygens (including phenoxy) is 2. The highest BCUT2D eigenvalue weighted by molar-refractivity contribution is 6.20. The molecule has 7 heteroatoms. The van der Waals surface area contributed by atoms with Crippen LogP contribution in [0, 0.1) is 0 Å². The fourth-order valence-corrected chi connectivity index (χ4v) is 2.82. The molecule has 1 fully saturated rings. The summed E-state index contributed by atoms with van der Waals surface area (Å²) in [5.74, 6) is 1.24. The summed E-state index contributed by atoms with van der Waals surface area (Å²) in [6.07, 6.45) is 2.39. The number of nitrogens with zero attached hydrogens (tertiary/aromatic N) is 4. The Bertz CT molecular complexity index is 635. The highest BCUT2D eigenvalue weighted by Gasteiger charge is 2.37. The van der Waals surface area contributed by atoms with Crippen molar-refractivity contribution in [1.82, 2.24) is 19.5 Å². The van der Waals surface area contributed by atoms with Crippen LogP contribution in [-0.2, 0) is 10.3 Å². The molecule has 2 atom stereocenters. The van der Waals surface area contributed by atoms with Crippen LogP contribution < -0.4 is 4.74 Å². The van der Waals surface area contributed by atoms with Crippen LogP contribution in [0.25, 0.3) is 11.2 Å². The first-order chi connectivity index (χ1) is 9.57. The Balaban J connectivity index is 2.30. The topological polar surface area (TPSA) is 62.1 Å². The molecule has 1 aliphatic rings. The molecule has 3 heterocycles. The van der Waals surface area contributed by atoms with Crippen LogP contribution >= 0.6 is 11.6 Å². The predicted molar refractivity (Wildman–Crippen MR) is 75.2 cm³/mol. The van der Waals surface area contributed by atoms with E-state index in [1.807, 2.05) is 6.92 Å². The van der Waals surface area contributed by atoms with Gasteiger partial charge >= 0.3 is 0 Å². The van der Waals surface area contributed by atoms with E-state index in [9.17, 15) is 0 Å². The standard InChI is InChI=1S/C13H17ClN4O2/c1-8(14)10-17-9-11(15-7-16-12(9)19-3)18(10)13(2)4-5-20-6-13/h7-8H,4-6H2,1-3H3. The molecule has 0 saturated carbocycles. The van der Waals surface area contributed by atoms with Gasteiger partial charge in [-0.25, -0.2) is 9.97 Å². The summed E-state index contributed by atoms with van der Waals surface area (Å²) in [6, 6.07) is 0. The molecule has 0 aliphatic carbocycles. The van der Waals surface area contributed by atoms with Gasteiger partial charge in [0, 0.05) is 6.61 Å². The van der Waals surface area contributed by atoms with Gasteiger partial charge in [-0.3, -0.25) is 0 Å². The van der Waals surface area contributed by atoms with E-state index in [4.69, 9.17) is 21.1 Å². The first-order valence-electron chi connectivity index (χ1n) is 6.56. The number of methoxy groups -OCH3 is 1. The maximum absolute atomic E-state index is 6.30. The van der Waals surface area contributed by atoms with Crippen molar-refractivity contribution in [2.24, 2.45) is 0 Å². The Morgan fingerprint density at radius 3 is 2.90 bits per heavy atom. The summed E-state index contributed by atoms with van der Waals surface area (Å²) in [7, 11) is 1.57. The second kappa shape index (κ2) is 4.86. The van der Waals surface area contributed by atoms with Gasteiger partial charge in [-0.2, -0.15) is 4.98 Å². The first-order valence-corrected chi connectivity index (χ1v) is 7.00. The molecule has 20 heavy (non-hydrogen) atoms. The third-order valence-corrected chi connectivity index (χ3v) is 3.92. The van der Waals surface area contributed by atoms with Crippen molar-refractivity contribution in [3.05, 3.63) is 12.2 Å². The third-order valence-electron chi connectivity index (χ3n) is 3.72. The minimum atomic E-state index is -0.230. The van der Waals surface area contributed by atoms with E-state index in [1.165, 1.54) is 6.33 Å². The molecular weight excluding hydrogens is 280 g/mol. The van der Waals surface area contributed by atoms with Crippen molar-refractivity contribution in [3.63, 3.8) is 0 Å². The lowest BCUT2D eigenvalue weighted by Crippen LogP contribution is -2.32. The highest BCUT2D eigenvalue weighted by Crippen LogP contribution is 2.36. The molecule has 1 saturated heterocycles. The average Bonchev–Trinajstić information content (AvgIpc) is 3.02. The molecule has 2 aromatic rings. The van der Waals surface area contributed by atoms with Crippen molar-refractivity contribution < 1.29 is 9.47 Å². The molecule has 6 nitrogen and oxygen atoms in total. The normalized spacial score (nSPS) is 24.2. The minimum Gasteiger partial charge on any atom is -0.479 e. The molecule has 0 spiro atoms. The van der Waals surface area contributed by atoms with Crippen LogP contribution in [-0.4, -0.2) is 39.8 Å². The molecule has 1 aliphatic heterocycles. The summed E-state index contributed by atoms with van der Waals surface area (Å²) < 4.78 is 12.9. The van der Waals surface area contributed by atoms with Crippen molar-refractivity contribution in [2.75, 3.05) is 20.3 Å². The Hall–Kier alpha value is -1.40. The van der Waals surface area contributed by atoms with E-state index in [2.05, 4.69) is 26.4 Å². The fraction of sp³-hybridized carbons (Fsp3) is 0.615. The minimum absolute atomic E-state index is 0.188. The summed E-state index contributed by atoms with van der Waals surface area (Å²) >= 11 is 6.30. The molecule has 0 bridgehead atoms. The Morgan fingerprint density at radius 1 is 1.50 bits per heavy atom. The second-order valence-electron chi connectivity index (χ2n) is 5.28. The smallest absolute Gasteiger partial charge is 0.245 e. The van der Waals surface area contributed by atoms with Gasteiger partial charge in [0.05, 0.1) is 24.6 Å². The third kappa shape index (κ3) is 1.94. The van der Waals surface area contributed by atoms with Gasteiger partial charge in [0.2, 0.25) is 5.88 Å². The number of fused-ring (bicyclic) bond motifs is 1. The zero-order chi connectivity index (χ0) is 14.3. The van der Waals surface area contributed by atoms with E-state index < -0.39 is 0 Å². The molecule has 2 unspecified atom stereocenters. The average molecular weight is 297 g/mol. The monoisotopic (exact) mass is 296 g/mol. The van der Waals surface area contributed by atoms with E-state index in [0.29, 0.717) is 18.0 Å². The highest BCUT2D eigenvalue weighted by atomic mass is 35.5. The van der Waals surface area contributed by atoms with E-state index in [-0.39, 0.29) is 10.9 Å². The molecule has 108 valence electrons. The molecule has 0 amide bonds. The van der Waals surface area contributed by atoms with Gasteiger partial charge in [0.25, 0.3) is 0 Å². The SMILES string of the molecule is COc1ncnc2c1nc(C(C)Cl)n2C1(C)CCOC1. The summed E-state index contributed by atoms with van der Waals surface area (Å²) in [5.41, 5.74) is 1.20. The van der Waals surface area contributed by atoms with Gasteiger partial charge in [0.1, 0.15) is 12.2 Å². The van der Waals surface area contributed by atoms with Gasteiger partial charge in [-0.15, -0.1) is 11.6 Å². The Labute approximate surface area is 122 Å². The number of rotatable bonds is 3. The van der Waals surface area contributed by atoms with Crippen LogP contribution in [0.4, 0.5) is 0 Å². The first kappa shape index (κ1) is 13.6. The van der Waals surface area contributed by atoms with Crippen LogP contribution in [0.15, 0.2) is 6.33 Å². The lowest BCUT2D eigenvalue weighted by Gasteiger charge is -2.27. The van der Waals surface area contributed by atoms with Crippen LogP contribution in [0.1, 0.15) is 31.5 Å². The van der Waals surface area contributed by atoms with Crippen LogP contribution in [0.5, 0.6) is 5.88 Å². The Kier molecular flexibility index (Phi) is 3.30. The zero-order valence-electron chi connectivity index (χ0n) is 11.8. The maximum atomic E-state index is 6.30.